The van der Waals surface area contributed by atoms with Crippen LogP contribution in [0.1, 0.15) is 29.5 Å². The molecule has 1 unspecified atom stereocenters. The average molecular weight is 325 g/mol. The SMILES string of the molecule is Cc1c(C(=O)NCCC(C)O)nnn1-c1cccc2ncccc12. The smallest absolute Gasteiger partial charge is 0.273 e. The molecule has 0 saturated carbocycles. The molecule has 0 bridgehead atoms. The fourth-order valence-corrected chi connectivity index (χ4v) is 2.52. The van der Waals surface area contributed by atoms with Crippen LogP contribution in [0, 0.1) is 6.92 Å². The predicted octanol–water partition coefficient (Wildman–Crippen LogP) is 1.62. The maximum atomic E-state index is 12.2. The molecule has 1 amide bonds. The zero-order valence-corrected chi connectivity index (χ0v) is 13.6. The summed E-state index contributed by atoms with van der Waals surface area (Å²) in [6.07, 6.45) is 1.78. The second kappa shape index (κ2) is 6.76. The molecule has 24 heavy (non-hydrogen) atoms. The molecular weight excluding hydrogens is 306 g/mol. The molecule has 2 aromatic heterocycles. The molecule has 2 heterocycles. The van der Waals surface area contributed by atoms with Crippen LogP contribution in [0.3, 0.4) is 0 Å². The number of rotatable bonds is 5. The maximum Gasteiger partial charge on any atom is 0.273 e. The topological polar surface area (TPSA) is 92.9 Å². The first-order valence-corrected chi connectivity index (χ1v) is 7.80. The highest BCUT2D eigenvalue weighted by molar-refractivity contribution is 5.93. The Morgan fingerprint density at radius 1 is 1.33 bits per heavy atom. The molecule has 7 nitrogen and oxygen atoms in total. The Kier molecular flexibility index (Phi) is 4.52. The summed E-state index contributed by atoms with van der Waals surface area (Å²) in [5.41, 5.74) is 2.61. The second-order valence-electron chi connectivity index (χ2n) is 5.68. The summed E-state index contributed by atoms with van der Waals surface area (Å²) in [5.74, 6) is -0.294. The van der Waals surface area contributed by atoms with Crippen molar-refractivity contribution in [2.75, 3.05) is 6.54 Å². The van der Waals surface area contributed by atoms with Crippen molar-refractivity contribution in [3.8, 4) is 5.69 Å². The fourth-order valence-electron chi connectivity index (χ4n) is 2.52. The number of carbonyl (C=O) groups is 1. The van der Waals surface area contributed by atoms with Crippen LogP contribution >= 0.6 is 0 Å². The number of pyridine rings is 1. The molecule has 1 atom stereocenters. The summed E-state index contributed by atoms with van der Waals surface area (Å²) in [5, 5.41) is 21.1. The molecule has 0 aliphatic rings. The second-order valence-corrected chi connectivity index (χ2v) is 5.68. The van der Waals surface area contributed by atoms with Crippen LogP contribution in [0.5, 0.6) is 0 Å². The molecule has 0 fully saturated rings. The number of aromatic nitrogens is 4. The van der Waals surface area contributed by atoms with Gasteiger partial charge in [-0.1, -0.05) is 11.3 Å². The molecule has 0 aliphatic carbocycles. The summed E-state index contributed by atoms with van der Waals surface area (Å²) < 4.78 is 1.65. The van der Waals surface area contributed by atoms with E-state index in [1.165, 1.54) is 0 Å². The van der Waals surface area contributed by atoms with Crippen molar-refractivity contribution >= 4 is 16.8 Å². The van der Waals surface area contributed by atoms with Gasteiger partial charge in [0, 0.05) is 18.1 Å². The van der Waals surface area contributed by atoms with Crippen molar-refractivity contribution in [2.24, 2.45) is 0 Å². The van der Waals surface area contributed by atoms with Crippen molar-refractivity contribution in [3.63, 3.8) is 0 Å². The zero-order chi connectivity index (χ0) is 17.1. The highest BCUT2D eigenvalue weighted by Gasteiger charge is 2.18. The van der Waals surface area contributed by atoms with E-state index < -0.39 is 6.10 Å². The van der Waals surface area contributed by atoms with Crippen LogP contribution in [-0.2, 0) is 0 Å². The molecule has 7 heteroatoms. The third kappa shape index (κ3) is 3.11. The number of aliphatic hydroxyl groups is 1. The lowest BCUT2D eigenvalue weighted by Crippen LogP contribution is -2.27. The van der Waals surface area contributed by atoms with Gasteiger partial charge in [-0.25, -0.2) is 4.68 Å². The Labute approximate surface area is 139 Å². The molecule has 0 spiro atoms. The fraction of sp³-hybridized carbons (Fsp3) is 0.294. The molecule has 1 aromatic carbocycles. The quantitative estimate of drug-likeness (QED) is 0.743. The van der Waals surface area contributed by atoms with Gasteiger partial charge in [-0.2, -0.15) is 0 Å². The minimum absolute atomic E-state index is 0.279. The molecule has 0 saturated heterocycles. The van der Waals surface area contributed by atoms with Gasteiger partial charge in [0.1, 0.15) is 0 Å². The largest absolute Gasteiger partial charge is 0.393 e. The summed E-state index contributed by atoms with van der Waals surface area (Å²) >= 11 is 0. The monoisotopic (exact) mass is 325 g/mol. The number of nitrogens with zero attached hydrogens (tertiary/aromatic N) is 4. The number of aliphatic hydroxyl groups excluding tert-OH is 1. The van der Waals surface area contributed by atoms with E-state index in [4.69, 9.17) is 0 Å². The van der Waals surface area contributed by atoms with E-state index in [9.17, 15) is 9.90 Å². The summed E-state index contributed by atoms with van der Waals surface area (Å²) in [4.78, 5) is 16.6. The lowest BCUT2D eigenvalue weighted by molar-refractivity contribution is 0.0940. The maximum absolute atomic E-state index is 12.2. The minimum atomic E-state index is -0.453. The first kappa shape index (κ1) is 16.1. The van der Waals surface area contributed by atoms with E-state index in [1.54, 1.807) is 24.7 Å². The molecule has 3 aromatic rings. The van der Waals surface area contributed by atoms with Crippen LogP contribution in [0.4, 0.5) is 0 Å². The van der Waals surface area contributed by atoms with E-state index in [2.05, 4.69) is 20.6 Å². The van der Waals surface area contributed by atoms with Gasteiger partial charge in [0.05, 0.1) is 23.0 Å². The van der Waals surface area contributed by atoms with Crippen LogP contribution in [0.15, 0.2) is 36.5 Å². The van der Waals surface area contributed by atoms with Crippen molar-refractivity contribution < 1.29 is 9.90 Å². The number of nitrogens with one attached hydrogen (secondary N) is 1. The average Bonchev–Trinajstić information content (AvgIpc) is 2.95. The van der Waals surface area contributed by atoms with E-state index in [1.807, 2.05) is 30.3 Å². The third-order valence-corrected chi connectivity index (χ3v) is 3.81. The van der Waals surface area contributed by atoms with E-state index >= 15 is 0 Å². The van der Waals surface area contributed by atoms with Gasteiger partial charge in [0.15, 0.2) is 5.69 Å². The van der Waals surface area contributed by atoms with Gasteiger partial charge < -0.3 is 10.4 Å². The van der Waals surface area contributed by atoms with Crippen LogP contribution in [0.25, 0.3) is 16.6 Å². The first-order valence-electron chi connectivity index (χ1n) is 7.80. The Hall–Kier alpha value is -2.80. The Bertz CT molecular complexity index is 867. The number of carbonyl (C=O) groups excluding carboxylic acids is 1. The van der Waals surface area contributed by atoms with E-state index in [0.717, 1.165) is 16.6 Å². The molecule has 3 rings (SSSR count). The van der Waals surface area contributed by atoms with Crippen molar-refractivity contribution in [1.82, 2.24) is 25.3 Å². The molecular formula is C17H19N5O2. The lowest BCUT2D eigenvalue weighted by atomic mass is 10.2. The molecule has 124 valence electrons. The Morgan fingerprint density at radius 3 is 2.96 bits per heavy atom. The highest BCUT2D eigenvalue weighted by atomic mass is 16.3. The van der Waals surface area contributed by atoms with E-state index in [-0.39, 0.29) is 11.6 Å². The Morgan fingerprint density at radius 2 is 2.17 bits per heavy atom. The third-order valence-electron chi connectivity index (χ3n) is 3.81. The molecule has 0 aliphatic heterocycles. The summed E-state index contributed by atoms with van der Waals surface area (Å²) in [7, 11) is 0. The van der Waals surface area contributed by atoms with Gasteiger partial charge in [-0.3, -0.25) is 9.78 Å². The van der Waals surface area contributed by atoms with Gasteiger partial charge in [0.25, 0.3) is 5.91 Å². The summed E-state index contributed by atoms with van der Waals surface area (Å²) in [6.45, 7) is 3.88. The number of amides is 1. The highest BCUT2D eigenvalue weighted by Crippen LogP contribution is 2.21. The van der Waals surface area contributed by atoms with Gasteiger partial charge in [-0.05, 0) is 44.5 Å². The minimum Gasteiger partial charge on any atom is -0.393 e. The molecule has 0 radical (unpaired) electrons. The lowest BCUT2D eigenvalue weighted by Gasteiger charge is -2.08. The number of benzene rings is 1. The van der Waals surface area contributed by atoms with Crippen LogP contribution in [-0.4, -0.2) is 43.6 Å². The number of hydrogen-bond donors (Lipinski definition) is 2. The Balaban J connectivity index is 1.91. The van der Waals surface area contributed by atoms with Gasteiger partial charge >= 0.3 is 0 Å². The van der Waals surface area contributed by atoms with Crippen molar-refractivity contribution in [3.05, 3.63) is 47.9 Å². The van der Waals surface area contributed by atoms with Crippen molar-refractivity contribution in [2.45, 2.75) is 26.4 Å². The number of fused-ring (bicyclic) bond motifs is 1. The van der Waals surface area contributed by atoms with Crippen molar-refractivity contribution in [1.29, 1.82) is 0 Å². The van der Waals surface area contributed by atoms with Gasteiger partial charge in [-0.15, -0.1) is 5.10 Å². The van der Waals surface area contributed by atoms with E-state index in [0.29, 0.717) is 18.7 Å². The normalized spacial score (nSPS) is 12.3. The standard InChI is InChI=1S/C17H19N5O2/c1-11(23)8-10-19-17(24)16-12(2)22(21-20-16)15-7-3-6-14-13(15)5-4-9-18-14/h3-7,9,11,23H,8,10H2,1-2H3,(H,19,24). The van der Waals surface area contributed by atoms with Crippen LogP contribution in [0.2, 0.25) is 0 Å². The predicted molar refractivity (Wildman–Crippen MR) is 90.0 cm³/mol. The number of hydrogen-bond acceptors (Lipinski definition) is 5. The van der Waals surface area contributed by atoms with Gasteiger partial charge in [0.2, 0.25) is 0 Å². The molecule has 2 N–H and O–H groups in total. The zero-order valence-electron chi connectivity index (χ0n) is 13.6. The first-order chi connectivity index (χ1) is 11.6. The van der Waals surface area contributed by atoms with Crippen LogP contribution < -0.4 is 5.32 Å². The summed E-state index contributed by atoms with van der Waals surface area (Å²) in [6, 6.07) is 9.56.